The smallest absolute Gasteiger partial charge is 0.177 e. The lowest BCUT2D eigenvalue weighted by Crippen LogP contribution is -2.02. The van der Waals surface area contributed by atoms with Crippen LogP contribution in [0.2, 0.25) is 5.02 Å². The number of carbonyl (C=O) groups excluding carboxylic acids is 1. The van der Waals surface area contributed by atoms with Gasteiger partial charge in [-0.15, -0.1) is 11.6 Å². The number of ketones is 1. The van der Waals surface area contributed by atoms with Gasteiger partial charge in [-0.05, 0) is 40.5 Å². The number of hydrogen-bond acceptors (Lipinski definition) is 1. The molecule has 1 aromatic rings. The Balaban J connectivity index is 3.23. The minimum absolute atomic E-state index is 0.00505. The zero-order chi connectivity index (χ0) is 10.0. The molecule has 0 atom stereocenters. The van der Waals surface area contributed by atoms with Crippen molar-refractivity contribution in [1.29, 1.82) is 0 Å². The van der Waals surface area contributed by atoms with Crippen LogP contribution in [0.15, 0.2) is 16.6 Å². The molecule has 70 valence electrons. The Morgan fingerprint density at radius 1 is 1.54 bits per heavy atom. The Hall–Kier alpha value is -0.0500. The third-order valence-corrected chi connectivity index (χ3v) is 3.13. The summed E-state index contributed by atoms with van der Waals surface area (Å²) in [6.07, 6.45) is 0. The van der Waals surface area contributed by atoms with Gasteiger partial charge in [0.1, 0.15) is 0 Å². The lowest BCUT2D eigenvalue weighted by atomic mass is 10.1. The number of halogens is 3. The van der Waals surface area contributed by atoms with Crippen LogP contribution in [0.5, 0.6) is 0 Å². The van der Waals surface area contributed by atoms with Crippen molar-refractivity contribution in [3.05, 3.63) is 32.8 Å². The molecule has 1 aromatic carbocycles. The van der Waals surface area contributed by atoms with E-state index in [4.69, 9.17) is 23.2 Å². The molecule has 0 aromatic heterocycles. The van der Waals surface area contributed by atoms with Crippen molar-refractivity contribution in [3.8, 4) is 0 Å². The summed E-state index contributed by atoms with van der Waals surface area (Å²) in [4.78, 5) is 11.3. The first kappa shape index (κ1) is 11.0. The quantitative estimate of drug-likeness (QED) is 0.595. The van der Waals surface area contributed by atoms with Crippen LogP contribution in [0.4, 0.5) is 0 Å². The standard InChI is InChI=1S/C9H7BrCl2O/c1-5-2-8(12)7(10)3-6(5)9(13)4-11/h2-3H,4H2,1H3. The number of rotatable bonds is 2. The molecular formula is C9H7BrCl2O. The summed E-state index contributed by atoms with van der Waals surface area (Å²) in [6, 6.07) is 3.44. The van der Waals surface area contributed by atoms with Crippen LogP contribution in [0.1, 0.15) is 15.9 Å². The zero-order valence-electron chi connectivity index (χ0n) is 6.90. The van der Waals surface area contributed by atoms with Crippen molar-refractivity contribution in [1.82, 2.24) is 0 Å². The average molecular weight is 282 g/mol. The fourth-order valence-corrected chi connectivity index (χ4v) is 1.72. The maximum Gasteiger partial charge on any atom is 0.177 e. The van der Waals surface area contributed by atoms with Gasteiger partial charge in [-0.1, -0.05) is 11.6 Å². The highest BCUT2D eigenvalue weighted by Crippen LogP contribution is 2.26. The molecule has 1 rings (SSSR count). The summed E-state index contributed by atoms with van der Waals surface area (Å²) in [6.45, 7) is 1.83. The molecule has 0 saturated carbocycles. The van der Waals surface area contributed by atoms with E-state index in [2.05, 4.69) is 15.9 Å². The largest absolute Gasteiger partial charge is 0.293 e. The van der Waals surface area contributed by atoms with Crippen molar-refractivity contribution in [2.45, 2.75) is 6.92 Å². The van der Waals surface area contributed by atoms with E-state index in [0.29, 0.717) is 15.1 Å². The van der Waals surface area contributed by atoms with Crippen molar-refractivity contribution in [3.63, 3.8) is 0 Å². The van der Waals surface area contributed by atoms with Crippen LogP contribution < -0.4 is 0 Å². The molecule has 0 amide bonds. The van der Waals surface area contributed by atoms with Crippen LogP contribution in [-0.4, -0.2) is 11.7 Å². The molecule has 0 aliphatic carbocycles. The fourth-order valence-electron chi connectivity index (χ4n) is 1.02. The second kappa shape index (κ2) is 4.45. The van der Waals surface area contributed by atoms with E-state index in [1.54, 1.807) is 12.1 Å². The number of hydrogen-bond donors (Lipinski definition) is 0. The molecule has 0 aliphatic rings. The van der Waals surface area contributed by atoms with Crippen LogP contribution >= 0.6 is 39.1 Å². The summed E-state index contributed by atoms with van der Waals surface area (Å²) in [5.74, 6) is -0.0916. The molecule has 0 fully saturated rings. The highest BCUT2D eigenvalue weighted by atomic mass is 79.9. The van der Waals surface area contributed by atoms with E-state index in [9.17, 15) is 4.79 Å². The van der Waals surface area contributed by atoms with Crippen molar-refractivity contribution < 1.29 is 4.79 Å². The van der Waals surface area contributed by atoms with Crippen LogP contribution in [0, 0.1) is 6.92 Å². The minimum Gasteiger partial charge on any atom is -0.293 e. The summed E-state index contributed by atoms with van der Waals surface area (Å²) in [5, 5.41) is 0.601. The van der Waals surface area contributed by atoms with Gasteiger partial charge < -0.3 is 0 Å². The lowest BCUT2D eigenvalue weighted by molar-refractivity contribution is 0.102. The Labute approximate surface area is 95.2 Å². The molecular weight excluding hydrogens is 275 g/mol. The Morgan fingerprint density at radius 2 is 2.15 bits per heavy atom. The maximum atomic E-state index is 11.3. The lowest BCUT2D eigenvalue weighted by Gasteiger charge is -2.04. The molecule has 0 aliphatic heterocycles. The zero-order valence-corrected chi connectivity index (χ0v) is 10.0. The Kier molecular flexibility index (Phi) is 3.77. The van der Waals surface area contributed by atoms with Crippen molar-refractivity contribution in [2.24, 2.45) is 0 Å². The highest BCUT2D eigenvalue weighted by molar-refractivity contribution is 9.10. The van der Waals surface area contributed by atoms with Crippen molar-refractivity contribution >= 4 is 44.9 Å². The molecule has 0 spiro atoms. The van der Waals surface area contributed by atoms with Gasteiger partial charge in [-0.25, -0.2) is 0 Å². The Bertz CT molecular complexity index is 350. The molecule has 0 heterocycles. The van der Waals surface area contributed by atoms with Gasteiger partial charge in [0.25, 0.3) is 0 Å². The number of benzene rings is 1. The summed E-state index contributed by atoms with van der Waals surface area (Å²) in [5.41, 5.74) is 1.46. The van der Waals surface area contributed by atoms with Gasteiger partial charge in [0.15, 0.2) is 5.78 Å². The second-order valence-corrected chi connectivity index (χ2v) is 4.17. The topological polar surface area (TPSA) is 17.1 Å². The first-order valence-electron chi connectivity index (χ1n) is 3.61. The van der Waals surface area contributed by atoms with E-state index in [0.717, 1.165) is 5.56 Å². The molecule has 1 nitrogen and oxygen atoms in total. The number of alkyl halides is 1. The molecule has 13 heavy (non-hydrogen) atoms. The van der Waals surface area contributed by atoms with Crippen molar-refractivity contribution in [2.75, 3.05) is 5.88 Å². The Morgan fingerprint density at radius 3 is 2.69 bits per heavy atom. The van der Waals surface area contributed by atoms with Gasteiger partial charge in [0.05, 0.1) is 10.9 Å². The summed E-state index contributed by atoms with van der Waals surface area (Å²) < 4.78 is 0.716. The van der Waals surface area contributed by atoms with Crippen LogP contribution in [0.25, 0.3) is 0 Å². The van der Waals surface area contributed by atoms with E-state index in [1.165, 1.54) is 0 Å². The van der Waals surface area contributed by atoms with E-state index >= 15 is 0 Å². The predicted octanol–water partition coefficient (Wildman–Crippen LogP) is 3.83. The maximum absolute atomic E-state index is 11.3. The third-order valence-electron chi connectivity index (χ3n) is 1.69. The van der Waals surface area contributed by atoms with E-state index < -0.39 is 0 Å². The molecule has 0 bridgehead atoms. The van der Waals surface area contributed by atoms with Crippen LogP contribution in [0.3, 0.4) is 0 Å². The third kappa shape index (κ3) is 2.46. The molecule has 4 heteroatoms. The minimum atomic E-state index is -0.0865. The highest BCUT2D eigenvalue weighted by Gasteiger charge is 2.10. The van der Waals surface area contributed by atoms with E-state index in [-0.39, 0.29) is 11.7 Å². The second-order valence-electron chi connectivity index (χ2n) is 2.64. The van der Waals surface area contributed by atoms with Gasteiger partial charge in [-0.2, -0.15) is 0 Å². The molecule has 0 radical (unpaired) electrons. The first-order valence-corrected chi connectivity index (χ1v) is 5.31. The summed E-state index contributed by atoms with van der Waals surface area (Å²) >= 11 is 14.5. The number of aryl methyl sites for hydroxylation is 1. The molecule has 0 unspecified atom stereocenters. The number of Topliss-reactive ketones (excluding diaryl/α,β-unsaturated/α-hetero) is 1. The first-order chi connectivity index (χ1) is 6.06. The summed E-state index contributed by atoms with van der Waals surface area (Å²) in [7, 11) is 0. The van der Waals surface area contributed by atoms with Gasteiger partial charge in [0, 0.05) is 10.0 Å². The molecule has 0 saturated heterocycles. The van der Waals surface area contributed by atoms with E-state index in [1.807, 2.05) is 6.92 Å². The van der Waals surface area contributed by atoms with Gasteiger partial charge in [0.2, 0.25) is 0 Å². The molecule has 0 N–H and O–H groups in total. The fraction of sp³-hybridized carbons (Fsp3) is 0.222. The SMILES string of the molecule is Cc1cc(Cl)c(Br)cc1C(=O)CCl. The predicted molar refractivity (Wildman–Crippen MR) is 58.9 cm³/mol. The monoisotopic (exact) mass is 280 g/mol. The number of carbonyl (C=O) groups is 1. The average Bonchev–Trinajstić information content (AvgIpc) is 2.10. The normalized spacial score (nSPS) is 10.2. The van der Waals surface area contributed by atoms with Gasteiger partial charge >= 0.3 is 0 Å². The van der Waals surface area contributed by atoms with Crippen LogP contribution in [-0.2, 0) is 0 Å². The van der Waals surface area contributed by atoms with Gasteiger partial charge in [-0.3, -0.25) is 4.79 Å².